The summed E-state index contributed by atoms with van der Waals surface area (Å²) in [6, 6.07) is 3.30. The van der Waals surface area contributed by atoms with Crippen LogP contribution in [-0.2, 0) is 6.54 Å². The Morgan fingerprint density at radius 2 is 2.12 bits per heavy atom. The number of anilines is 1. The van der Waals surface area contributed by atoms with E-state index >= 15 is 0 Å². The molecule has 16 heavy (non-hydrogen) atoms. The zero-order valence-corrected chi connectivity index (χ0v) is 9.87. The number of nitrogens with zero attached hydrogens (tertiary/aromatic N) is 1. The molecule has 5 heteroatoms. The van der Waals surface area contributed by atoms with Gasteiger partial charge in [-0.05, 0) is 32.4 Å². The zero-order chi connectivity index (χ0) is 12.2. The molecule has 1 aromatic heterocycles. The van der Waals surface area contributed by atoms with Gasteiger partial charge in [0, 0.05) is 18.3 Å². The molecule has 0 unspecified atom stereocenters. The van der Waals surface area contributed by atoms with E-state index in [9.17, 15) is 4.79 Å². The summed E-state index contributed by atoms with van der Waals surface area (Å²) in [5.41, 5.74) is 6.11. The summed E-state index contributed by atoms with van der Waals surface area (Å²) in [4.78, 5) is 15.6. The average molecular weight is 222 g/mol. The molecule has 1 aromatic rings. The minimum absolute atomic E-state index is 0.263. The van der Waals surface area contributed by atoms with Crippen molar-refractivity contribution < 1.29 is 4.79 Å². The highest BCUT2D eigenvalue weighted by Crippen LogP contribution is 2.05. The Balaban J connectivity index is 2.56. The summed E-state index contributed by atoms with van der Waals surface area (Å²) in [5.74, 6) is 0.513. The second-order valence-electron chi connectivity index (χ2n) is 4.58. The summed E-state index contributed by atoms with van der Waals surface area (Å²) in [6.07, 6.45) is 1.65. The van der Waals surface area contributed by atoms with Crippen molar-refractivity contribution in [1.29, 1.82) is 0 Å². The van der Waals surface area contributed by atoms with Crippen LogP contribution in [0, 0.1) is 0 Å². The lowest BCUT2D eigenvalue weighted by atomic mass is 10.1. The smallest absolute Gasteiger partial charge is 0.320 e. The lowest BCUT2D eigenvalue weighted by molar-refractivity contribution is 0.243. The van der Waals surface area contributed by atoms with Gasteiger partial charge in [0.25, 0.3) is 0 Å². The normalized spacial score (nSPS) is 11.0. The fourth-order valence-electron chi connectivity index (χ4n) is 1.11. The molecule has 0 radical (unpaired) electrons. The van der Waals surface area contributed by atoms with E-state index in [2.05, 4.69) is 15.6 Å². The third-order valence-corrected chi connectivity index (χ3v) is 1.79. The minimum Gasteiger partial charge on any atom is -0.333 e. The molecule has 0 spiro atoms. The molecule has 0 bridgehead atoms. The van der Waals surface area contributed by atoms with Gasteiger partial charge in [-0.1, -0.05) is 6.07 Å². The highest BCUT2D eigenvalue weighted by atomic mass is 16.2. The predicted octanol–water partition coefficient (Wildman–Crippen LogP) is 1.46. The first-order chi connectivity index (χ1) is 7.40. The first-order valence-corrected chi connectivity index (χ1v) is 5.15. The number of rotatable bonds is 2. The molecule has 1 rings (SSSR count). The summed E-state index contributed by atoms with van der Waals surface area (Å²) in [7, 11) is 0. The second kappa shape index (κ2) is 4.94. The van der Waals surface area contributed by atoms with Gasteiger partial charge in [-0.15, -0.1) is 0 Å². The maximum Gasteiger partial charge on any atom is 0.320 e. The van der Waals surface area contributed by atoms with E-state index in [0.29, 0.717) is 12.4 Å². The van der Waals surface area contributed by atoms with Crippen LogP contribution in [0.3, 0.4) is 0 Å². The lowest BCUT2D eigenvalue weighted by Crippen LogP contribution is -2.43. The van der Waals surface area contributed by atoms with Crippen molar-refractivity contribution >= 4 is 11.8 Å². The van der Waals surface area contributed by atoms with E-state index in [1.165, 1.54) is 0 Å². The number of carbonyl (C=O) groups is 1. The van der Waals surface area contributed by atoms with E-state index in [4.69, 9.17) is 5.73 Å². The Morgan fingerprint density at radius 1 is 1.44 bits per heavy atom. The zero-order valence-electron chi connectivity index (χ0n) is 9.87. The van der Waals surface area contributed by atoms with Crippen LogP contribution >= 0.6 is 0 Å². The number of nitrogens with one attached hydrogen (secondary N) is 2. The number of hydrogen-bond donors (Lipinski definition) is 3. The first kappa shape index (κ1) is 12.4. The molecule has 0 atom stereocenters. The van der Waals surface area contributed by atoms with Gasteiger partial charge in [0.1, 0.15) is 5.82 Å². The van der Waals surface area contributed by atoms with Crippen LogP contribution in [0.4, 0.5) is 10.6 Å². The molecule has 88 valence electrons. The van der Waals surface area contributed by atoms with Crippen LogP contribution in [0.15, 0.2) is 18.3 Å². The maximum atomic E-state index is 11.5. The number of carbonyl (C=O) groups excluding carboxylic acids is 1. The van der Waals surface area contributed by atoms with Crippen LogP contribution in [0.25, 0.3) is 0 Å². The first-order valence-electron chi connectivity index (χ1n) is 5.15. The summed E-state index contributed by atoms with van der Waals surface area (Å²) in [5, 5.41) is 5.43. The van der Waals surface area contributed by atoms with E-state index in [1.807, 2.05) is 26.8 Å². The van der Waals surface area contributed by atoms with Crippen molar-refractivity contribution in [3.05, 3.63) is 23.9 Å². The fraction of sp³-hybridized carbons (Fsp3) is 0.455. The third kappa shape index (κ3) is 4.27. The van der Waals surface area contributed by atoms with E-state index in [-0.39, 0.29) is 11.6 Å². The van der Waals surface area contributed by atoms with E-state index < -0.39 is 0 Å². The SMILES string of the molecule is CC(C)(C)NC(=O)Nc1ccc(CN)cn1. The van der Waals surface area contributed by atoms with Crippen molar-refractivity contribution in [1.82, 2.24) is 10.3 Å². The fourth-order valence-corrected chi connectivity index (χ4v) is 1.11. The third-order valence-electron chi connectivity index (χ3n) is 1.79. The maximum absolute atomic E-state index is 11.5. The quantitative estimate of drug-likeness (QED) is 0.708. The molecule has 0 aromatic carbocycles. The largest absolute Gasteiger partial charge is 0.333 e. The van der Waals surface area contributed by atoms with Gasteiger partial charge in [-0.2, -0.15) is 0 Å². The molecule has 5 nitrogen and oxygen atoms in total. The second-order valence-corrected chi connectivity index (χ2v) is 4.58. The molecule has 0 saturated heterocycles. The lowest BCUT2D eigenvalue weighted by Gasteiger charge is -2.20. The standard InChI is InChI=1S/C11H18N4O/c1-11(2,3)15-10(16)14-9-5-4-8(6-12)7-13-9/h4-5,7H,6,12H2,1-3H3,(H2,13,14,15,16). The van der Waals surface area contributed by atoms with Gasteiger partial charge in [0.05, 0.1) is 0 Å². The number of pyridine rings is 1. The van der Waals surface area contributed by atoms with Gasteiger partial charge in [0.15, 0.2) is 0 Å². The average Bonchev–Trinajstić information content (AvgIpc) is 2.16. The van der Waals surface area contributed by atoms with Gasteiger partial charge >= 0.3 is 6.03 Å². The number of hydrogen-bond acceptors (Lipinski definition) is 3. The Morgan fingerprint density at radius 3 is 2.56 bits per heavy atom. The highest BCUT2D eigenvalue weighted by molar-refractivity contribution is 5.88. The molecule has 2 amide bonds. The monoisotopic (exact) mass is 222 g/mol. The molecule has 0 saturated carbocycles. The topological polar surface area (TPSA) is 80.0 Å². The minimum atomic E-state index is -0.263. The molecular formula is C11H18N4O. The number of amides is 2. The van der Waals surface area contributed by atoms with Gasteiger partial charge in [-0.3, -0.25) is 5.32 Å². The number of aromatic nitrogens is 1. The highest BCUT2D eigenvalue weighted by Gasteiger charge is 2.13. The van der Waals surface area contributed by atoms with E-state index in [1.54, 1.807) is 12.3 Å². The Labute approximate surface area is 95.4 Å². The number of urea groups is 1. The molecule has 0 fully saturated rings. The molecule has 0 aliphatic carbocycles. The van der Waals surface area contributed by atoms with Gasteiger partial charge in [0.2, 0.25) is 0 Å². The van der Waals surface area contributed by atoms with Crippen molar-refractivity contribution in [3.63, 3.8) is 0 Å². The van der Waals surface area contributed by atoms with Crippen molar-refractivity contribution in [2.24, 2.45) is 5.73 Å². The van der Waals surface area contributed by atoms with Gasteiger partial charge < -0.3 is 11.1 Å². The summed E-state index contributed by atoms with van der Waals surface area (Å²) < 4.78 is 0. The van der Waals surface area contributed by atoms with Crippen molar-refractivity contribution in [3.8, 4) is 0 Å². The molecule has 0 aliphatic rings. The van der Waals surface area contributed by atoms with Crippen LogP contribution < -0.4 is 16.4 Å². The van der Waals surface area contributed by atoms with Crippen LogP contribution in [0.2, 0.25) is 0 Å². The molecule has 1 heterocycles. The predicted molar refractivity (Wildman–Crippen MR) is 64.0 cm³/mol. The summed E-state index contributed by atoms with van der Waals surface area (Å²) >= 11 is 0. The molecule has 4 N–H and O–H groups in total. The molecule has 0 aliphatic heterocycles. The Kier molecular flexibility index (Phi) is 3.84. The van der Waals surface area contributed by atoms with E-state index in [0.717, 1.165) is 5.56 Å². The van der Waals surface area contributed by atoms with Crippen molar-refractivity contribution in [2.45, 2.75) is 32.9 Å². The Hall–Kier alpha value is -1.62. The van der Waals surface area contributed by atoms with Crippen LogP contribution in [0.5, 0.6) is 0 Å². The van der Waals surface area contributed by atoms with Gasteiger partial charge in [-0.25, -0.2) is 9.78 Å². The summed E-state index contributed by atoms with van der Waals surface area (Å²) in [6.45, 7) is 6.19. The number of nitrogens with two attached hydrogens (primary N) is 1. The Bertz CT molecular complexity index is 353. The molecular weight excluding hydrogens is 204 g/mol. The van der Waals surface area contributed by atoms with Crippen LogP contribution in [-0.4, -0.2) is 16.6 Å². The van der Waals surface area contributed by atoms with Crippen molar-refractivity contribution in [2.75, 3.05) is 5.32 Å². The van der Waals surface area contributed by atoms with Crippen LogP contribution in [0.1, 0.15) is 26.3 Å².